The highest BCUT2D eigenvalue weighted by Gasteiger charge is 2.01. The molecule has 96 valence electrons. The number of aryl methyl sites for hydroxylation is 1. The van der Waals surface area contributed by atoms with Crippen molar-refractivity contribution in [1.82, 2.24) is 19.7 Å². The number of hydrogen-bond donors (Lipinski definition) is 1. The molecule has 0 aromatic carbocycles. The molecule has 0 saturated heterocycles. The zero-order valence-corrected chi connectivity index (χ0v) is 11.0. The predicted octanol–water partition coefficient (Wildman–Crippen LogP) is 0.931. The predicted molar refractivity (Wildman–Crippen MR) is 71.8 cm³/mol. The Morgan fingerprint density at radius 3 is 2.78 bits per heavy atom. The molecule has 2 rings (SSSR count). The summed E-state index contributed by atoms with van der Waals surface area (Å²) in [4.78, 5) is 10.4. The van der Waals surface area contributed by atoms with Crippen LogP contribution in [0.1, 0.15) is 5.69 Å². The van der Waals surface area contributed by atoms with Gasteiger partial charge in [0.05, 0.1) is 0 Å². The molecule has 0 spiro atoms. The van der Waals surface area contributed by atoms with Crippen molar-refractivity contribution in [3.05, 3.63) is 30.2 Å². The second-order valence-electron chi connectivity index (χ2n) is 4.26. The van der Waals surface area contributed by atoms with E-state index in [4.69, 9.17) is 0 Å². The van der Waals surface area contributed by atoms with Crippen LogP contribution in [0.15, 0.2) is 24.5 Å². The van der Waals surface area contributed by atoms with Crippen LogP contribution in [0.4, 0.5) is 11.8 Å². The first-order valence-corrected chi connectivity index (χ1v) is 5.88. The summed E-state index contributed by atoms with van der Waals surface area (Å²) < 4.78 is 1.88. The lowest BCUT2D eigenvalue weighted by atomic mass is 10.3. The van der Waals surface area contributed by atoms with Crippen molar-refractivity contribution < 1.29 is 0 Å². The third kappa shape index (κ3) is 2.97. The molecule has 0 atom stereocenters. The molecule has 0 saturated carbocycles. The fourth-order valence-electron chi connectivity index (χ4n) is 1.63. The molecule has 6 heteroatoms. The van der Waals surface area contributed by atoms with E-state index in [-0.39, 0.29) is 0 Å². The van der Waals surface area contributed by atoms with E-state index in [2.05, 4.69) is 20.4 Å². The van der Waals surface area contributed by atoms with Gasteiger partial charge in [-0.2, -0.15) is 10.1 Å². The molecule has 0 radical (unpaired) electrons. The summed E-state index contributed by atoms with van der Waals surface area (Å²) in [5, 5.41) is 7.42. The molecule has 0 amide bonds. The van der Waals surface area contributed by atoms with Crippen LogP contribution in [0.5, 0.6) is 0 Å². The monoisotopic (exact) mass is 246 g/mol. The minimum atomic E-state index is 0.709. The van der Waals surface area contributed by atoms with Gasteiger partial charge in [0.15, 0.2) is 0 Å². The lowest BCUT2D eigenvalue weighted by molar-refractivity contribution is 0.711. The molecule has 1 N–H and O–H groups in total. The summed E-state index contributed by atoms with van der Waals surface area (Å²) in [5.41, 5.74) is 1.20. The molecule has 6 nitrogen and oxygen atoms in total. The van der Waals surface area contributed by atoms with E-state index in [1.165, 1.54) is 5.69 Å². The van der Waals surface area contributed by atoms with E-state index in [1.54, 1.807) is 6.20 Å². The Morgan fingerprint density at radius 1 is 1.28 bits per heavy atom. The molecular formula is C12H18N6. The van der Waals surface area contributed by atoms with Crippen LogP contribution >= 0.6 is 0 Å². The molecule has 2 aromatic heterocycles. The SMILES string of the molecule is CN(C)c1nccc(NCCc2ccnn2C)n1. The van der Waals surface area contributed by atoms with E-state index in [1.807, 2.05) is 49.1 Å². The second-order valence-corrected chi connectivity index (χ2v) is 4.26. The van der Waals surface area contributed by atoms with Crippen molar-refractivity contribution in [2.75, 3.05) is 30.9 Å². The van der Waals surface area contributed by atoms with Crippen molar-refractivity contribution in [3.63, 3.8) is 0 Å². The van der Waals surface area contributed by atoms with Crippen molar-refractivity contribution in [1.29, 1.82) is 0 Å². The van der Waals surface area contributed by atoms with Gasteiger partial charge in [0.25, 0.3) is 0 Å². The zero-order chi connectivity index (χ0) is 13.0. The number of nitrogens with one attached hydrogen (secondary N) is 1. The molecule has 0 aliphatic heterocycles. The Labute approximate surface area is 107 Å². The second kappa shape index (κ2) is 5.48. The van der Waals surface area contributed by atoms with Crippen LogP contribution < -0.4 is 10.2 Å². The van der Waals surface area contributed by atoms with E-state index < -0.39 is 0 Å². The maximum atomic E-state index is 4.39. The summed E-state index contributed by atoms with van der Waals surface area (Å²) >= 11 is 0. The lowest BCUT2D eigenvalue weighted by Gasteiger charge is -2.11. The van der Waals surface area contributed by atoms with Crippen molar-refractivity contribution in [3.8, 4) is 0 Å². The largest absolute Gasteiger partial charge is 0.370 e. The average Bonchev–Trinajstić information content (AvgIpc) is 2.76. The van der Waals surface area contributed by atoms with E-state index in [0.29, 0.717) is 5.95 Å². The van der Waals surface area contributed by atoms with Gasteiger partial charge < -0.3 is 10.2 Å². The molecule has 0 unspecified atom stereocenters. The van der Waals surface area contributed by atoms with Crippen molar-refractivity contribution >= 4 is 11.8 Å². The summed E-state index contributed by atoms with van der Waals surface area (Å²) in [6.45, 7) is 0.823. The highest BCUT2D eigenvalue weighted by atomic mass is 15.3. The molecular weight excluding hydrogens is 228 g/mol. The van der Waals surface area contributed by atoms with E-state index >= 15 is 0 Å². The fourth-order valence-corrected chi connectivity index (χ4v) is 1.63. The van der Waals surface area contributed by atoms with Gasteiger partial charge in [0, 0.05) is 52.2 Å². The summed E-state index contributed by atoms with van der Waals surface area (Å²) in [6, 6.07) is 3.89. The van der Waals surface area contributed by atoms with E-state index in [0.717, 1.165) is 18.8 Å². The van der Waals surface area contributed by atoms with Crippen molar-refractivity contribution in [2.24, 2.45) is 7.05 Å². The first kappa shape index (κ1) is 12.3. The fraction of sp³-hybridized carbons (Fsp3) is 0.417. The quantitative estimate of drug-likeness (QED) is 0.850. The van der Waals surface area contributed by atoms with Gasteiger partial charge >= 0.3 is 0 Å². The van der Waals surface area contributed by atoms with Crippen LogP contribution in [-0.4, -0.2) is 40.4 Å². The molecule has 0 aliphatic rings. The molecule has 18 heavy (non-hydrogen) atoms. The van der Waals surface area contributed by atoms with Gasteiger partial charge in [-0.1, -0.05) is 0 Å². The number of hydrogen-bond acceptors (Lipinski definition) is 5. The van der Waals surface area contributed by atoms with Crippen LogP contribution in [0.2, 0.25) is 0 Å². The molecule has 2 aromatic rings. The Morgan fingerprint density at radius 2 is 2.11 bits per heavy atom. The topological polar surface area (TPSA) is 58.9 Å². The first-order valence-electron chi connectivity index (χ1n) is 5.88. The Kier molecular flexibility index (Phi) is 3.76. The molecule has 0 fully saturated rings. The number of rotatable bonds is 5. The van der Waals surface area contributed by atoms with Crippen molar-refractivity contribution in [2.45, 2.75) is 6.42 Å². The third-order valence-electron chi connectivity index (χ3n) is 2.65. The minimum Gasteiger partial charge on any atom is -0.370 e. The Balaban J connectivity index is 1.90. The average molecular weight is 246 g/mol. The minimum absolute atomic E-state index is 0.709. The molecule has 2 heterocycles. The number of nitrogens with zero attached hydrogens (tertiary/aromatic N) is 5. The van der Waals surface area contributed by atoms with Gasteiger partial charge in [0.1, 0.15) is 5.82 Å². The highest BCUT2D eigenvalue weighted by molar-refractivity contribution is 5.40. The van der Waals surface area contributed by atoms with Gasteiger partial charge in [0.2, 0.25) is 5.95 Å². The van der Waals surface area contributed by atoms with E-state index in [9.17, 15) is 0 Å². The third-order valence-corrected chi connectivity index (χ3v) is 2.65. The highest BCUT2D eigenvalue weighted by Crippen LogP contribution is 2.08. The normalized spacial score (nSPS) is 10.4. The number of anilines is 2. The standard InChI is InChI=1S/C12H18N6/c1-17(2)12-14-8-6-11(16-12)13-7-4-10-5-9-15-18(10)3/h5-6,8-9H,4,7H2,1-3H3,(H,13,14,16). The van der Waals surface area contributed by atoms with Crippen LogP contribution in [0.25, 0.3) is 0 Å². The lowest BCUT2D eigenvalue weighted by Crippen LogP contribution is -2.14. The summed E-state index contributed by atoms with van der Waals surface area (Å²) in [6.07, 6.45) is 4.48. The molecule has 0 aliphatic carbocycles. The maximum Gasteiger partial charge on any atom is 0.226 e. The molecule has 0 bridgehead atoms. The van der Waals surface area contributed by atoms with Crippen LogP contribution in [0.3, 0.4) is 0 Å². The van der Waals surface area contributed by atoms with Crippen LogP contribution in [-0.2, 0) is 13.5 Å². The Bertz CT molecular complexity index is 505. The maximum absolute atomic E-state index is 4.39. The number of aromatic nitrogens is 4. The van der Waals surface area contributed by atoms with Gasteiger partial charge in [-0.15, -0.1) is 0 Å². The van der Waals surface area contributed by atoms with Crippen LogP contribution in [0, 0.1) is 0 Å². The van der Waals surface area contributed by atoms with Gasteiger partial charge in [-0.25, -0.2) is 4.98 Å². The Hall–Kier alpha value is -2.11. The van der Waals surface area contributed by atoms with Gasteiger partial charge in [-0.05, 0) is 12.1 Å². The summed E-state index contributed by atoms with van der Waals surface area (Å²) in [7, 11) is 5.80. The first-order chi connectivity index (χ1) is 8.66. The van der Waals surface area contributed by atoms with Gasteiger partial charge in [-0.3, -0.25) is 4.68 Å². The summed E-state index contributed by atoms with van der Waals surface area (Å²) in [5.74, 6) is 1.55. The zero-order valence-electron chi connectivity index (χ0n) is 11.0. The smallest absolute Gasteiger partial charge is 0.226 e.